The van der Waals surface area contributed by atoms with Crippen LogP contribution in [0.3, 0.4) is 0 Å². The molecule has 138 valence electrons. The third kappa shape index (κ3) is 3.99. The zero-order valence-electron chi connectivity index (χ0n) is 15.2. The molecule has 0 aliphatic rings. The molecule has 0 saturated carbocycles. The van der Waals surface area contributed by atoms with E-state index in [1.165, 1.54) is 4.88 Å². The first kappa shape index (κ1) is 19.0. The van der Waals surface area contributed by atoms with Gasteiger partial charge in [-0.3, -0.25) is 0 Å². The number of aromatic nitrogens is 2. The van der Waals surface area contributed by atoms with Crippen molar-refractivity contribution in [2.24, 2.45) is 0 Å². The minimum Gasteiger partial charge on any atom is -0.383 e. The second kappa shape index (κ2) is 8.77. The van der Waals surface area contributed by atoms with Crippen molar-refractivity contribution in [1.82, 2.24) is 9.97 Å². The number of halogens is 1. The molecule has 0 bridgehead atoms. The Morgan fingerprint density at radius 2 is 1.69 bits per heavy atom. The van der Waals surface area contributed by atoms with Gasteiger partial charge in [0.2, 0.25) is 5.28 Å². The summed E-state index contributed by atoms with van der Waals surface area (Å²) in [4.78, 5) is 13.3. The Kier molecular flexibility index (Phi) is 6.43. The summed E-state index contributed by atoms with van der Waals surface area (Å²) in [5.41, 5.74) is 2.32. The number of ether oxygens (including phenoxy) is 2. The Labute approximate surface area is 162 Å². The van der Waals surface area contributed by atoms with E-state index in [0.29, 0.717) is 26.3 Å². The number of hydrogen-bond donors (Lipinski definition) is 0. The highest BCUT2D eigenvalue weighted by atomic mass is 35.5. The van der Waals surface area contributed by atoms with E-state index in [1.54, 1.807) is 25.6 Å². The average Bonchev–Trinajstić information content (AvgIpc) is 2.97. The molecule has 0 amide bonds. The molecule has 0 radical (unpaired) electrons. The molecular weight excluding hydrogens is 370 g/mol. The SMILES string of the molecule is COCCN(CCOC)c1nc(Cl)nc2sc(C)c(-c3ccccc3)c12. The van der Waals surface area contributed by atoms with Crippen molar-refractivity contribution in [1.29, 1.82) is 0 Å². The van der Waals surface area contributed by atoms with Crippen LogP contribution in [0.5, 0.6) is 0 Å². The van der Waals surface area contributed by atoms with Crippen LogP contribution in [0.15, 0.2) is 30.3 Å². The van der Waals surface area contributed by atoms with Crippen molar-refractivity contribution in [2.45, 2.75) is 6.92 Å². The molecule has 2 heterocycles. The summed E-state index contributed by atoms with van der Waals surface area (Å²) in [6.45, 7) is 4.70. The summed E-state index contributed by atoms with van der Waals surface area (Å²) in [5.74, 6) is 0.831. The predicted octanol–water partition coefficient (Wildman–Crippen LogP) is 4.42. The summed E-state index contributed by atoms with van der Waals surface area (Å²) in [6, 6.07) is 10.3. The second-order valence-electron chi connectivity index (χ2n) is 5.87. The minimum atomic E-state index is 0.258. The number of aryl methyl sites for hydroxylation is 1. The van der Waals surface area contributed by atoms with Crippen LogP contribution < -0.4 is 4.90 Å². The van der Waals surface area contributed by atoms with E-state index in [9.17, 15) is 0 Å². The molecule has 0 atom stereocenters. The normalized spacial score (nSPS) is 11.2. The lowest BCUT2D eigenvalue weighted by Crippen LogP contribution is -2.31. The van der Waals surface area contributed by atoms with Gasteiger partial charge in [0.15, 0.2) is 0 Å². The lowest BCUT2D eigenvalue weighted by molar-refractivity contribution is 0.190. The number of benzene rings is 1. The molecule has 0 unspecified atom stereocenters. The maximum absolute atomic E-state index is 6.24. The van der Waals surface area contributed by atoms with Gasteiger partial charge in [0.25, 0.3) is 0 Å². The highest BCUT2D eigenvalue weighted by molar-refractivity contribution is 7.19. The van der Waals surface area contributed by atoms with Crippen LogP contribution in [0.1, 0.15) is 4.88 Å². The fourth-order valence-corrected chi connectivity index (χ4v) is 4.23. The van der Waals surface area contributed by atoms with Gasteiger partial charge in [-0.15, -0.1) is 11.3 Å². The molecule has 3 rings (SSSR count). The van der Waals surface area contributed by atoms with Crippen molar-refractivity contribution in [3.8, 4) is 11.1 Å². The number of fused-ring (bicyclic) bond motifs is 1. The average molecular weight is 392 g/mol. The van der Waals surface area contributed by atoms with Crippen molar-refractivity contribution >= 4 is 39.0 Å². The standard InChI is InChI=1S/C19H22ClN3O2S/c1-13-15(14-7-5-4-6-8-14)16-17(21-19(20)22-18(16)26-13)23(9-11-24-2)10-12-25-3/h4-8H,9-12H2,1-3H3. The summed E-state index contributed by atoms with van der Waals surface area (Å²) in [5, 5.41) is 1.29. The first-order valence-corrected chi connectivity index (χ1v) is 9.60. The van der Waals surface area contributed by atoms with E-state index in [1.807, 2.05) is 18.2 Å². The summed E-state index contributed by atoms with van der Waals surface area (Å²) in [7, 11) is 3.39. The monoisotopic (exact) mass is 391 g/mol. The molecular formula is C19H22ClN3O2S. The Morgan fingerprint density at radius 3 is 2.31 bits per heavy atom. The van der Waals surface area contributed by atoms with Crippen LogP contribution >= 0.6 is 22.9 Å². The molecule has 3 aromatic rings. The number of methoxy groups -OCH3 is 2. The van der Waals surface area contributed by atoms with Gasteiger partial charge in [0, 0.05) is 37.7 Å². The van der Waals surface area contributed by atoms with Gasteiger partial charge in [-0.2, -0.15) is 4.98 Å². The first-order valence-electron chi connectivity index (χ1n) is 8.40. The molecule has 7 heteroatoms. The first-order chi connectivity index (χ1) is 12.7. The molecule has 0 aliphatic heterocycles. The number of rotatable bonds is 8. The van der Waals surface area contributed by atoms with E-state index in [0.717, 1.165) is 27.2 Å². The topological polar surface area (TPSA) is 47.5 Å². The predicted molar refractivity (Wildman–Crippen MR) is 109 cm³/mol. The minimum absolute atomic E-state index is 0.258. The molecule has 0 fully saturated rings. The van der Waals surface area contributed by atoms with E-state index in [-0.39, 0.29) is 5.28 Å². The molecule has 0 N–H and O–H groups in total. The van der Waals surface area contributed by atoms with Crippen molar-refractivity contribution < 1.29 is 9.47 Å². The summed E-state index contributed by atoms with van der Waals surface area (Å²) >= 11 is 7.88. The molecule has 0 saturated heterocycles. The van der Waals surface area contributed by atoms with Gasteiger partial charge in [-0.25, -0.2) is 4.98 Å². The summed E-state index contributed by atoms with van der Waals surface area (Å²) < 4.78 is 10.6. The quantitative estimate of drug-likeness (QED) is 0.532. The number of thiophene rings is 1. The fraction of sp³-hybridized carbons (Fsp3) is 0.368. The fourth-order valence-electron chi connectivity index (χ4n) is 2.98. The van der Waals surface area contributed by atoms with Gasteiger partial charge in [0.1, 0.15) is 10.6 Å². The van der Waals surface area contributed by atoms with Crippen molar-refractivity contribution in [2.75, 3.05) is 45.4 Å². The lowest BCUT2D eigenvalue weighted by Gasteiger charge is -2.24. The van der Waals surface area contributed by atoms with Crippen LogP contribution in [0.4, 0.5) is 5.82 Å². The number of hydrogen-bond acceptors (Lipinski definition) is 6. The smallest absolute Gasteiger partial charge is 0.225 e. The van der Waals surface area contributed by atoms with Crippen LogP contribution in [-0.4, -0.2) is 50.5 Å². The Balaban J connectivity index is 2.19. The van der Waals surface area contributed by atoms with Crippen LogP contribution in [-0.2, 0) is 9.47 Å². The highest BCUT2D eigenvalue weighted by Crippen LogP contribution is 2.42. The third-order valence-electron chi connectivity index (χ3n) is 4.17. The second-order valence-corrected chi connectivity index (χ2v) is 7.41. The Hall–Kier alpha value is -1.73. The van der Waals surface area contributed by atoms with Crippen molar-refractivity contribution in [3.63, 3.8) is 0 Å². The Morgan fingerprint density at radius 1 is 1.04 bits per heavy atom. The zero-order chi connectivity index (χ0) is 18.5. The highest BCUT2D eigenvalue weighted by Gasteiger charge is 2.21. The molecule has 26 heavy (non-hydrogen) atoms. The lowest BCUT2D eigenvalue weighted by atomic mass is 10.0. The van der Waals surface area contributed by atoms with E-state index >= 15 is 0 Å². The van der Waals surface area contributed by atoms with Crippen molar-refractivity contribution in [3.05, 3.63) is 40.5 Å². The van der Waals surface area contributed by atoms with Gasteiger partial charge >= 0.3 is 0 Å². The largest absolute Gasteiger partial charge is 0.383 e. The maximum Gasteiger partial charge on any atom is 0.225 e. The molecule has 2 aromatic heterocycles. The van der Waals surface area contributed by atoms with Gasteiger partial charge < -0.3 is 14.4 Å². The molecule has 0 spiro atoms. The molecule has 5 nitrogen and oxygen atoms in total. The zero-order valence-corrected chi connectivity index (χ0v) is 16.7. The van der Waals surface area contributed by atoms with Crippen LogP contribution in [0, 0.1) is 6.92 Å². The maximum atomic E-state index is 6.24. The van der Waals surface area contributed by atoms with E-state index in [4.69, 9.17) is 21.1 Å². The number of nitrogens with zero attached hydrogens (tertiary/aromatic N) is 3. The number of anilines is 1. The van der Waals surface area contributed by atoms with Gasteiger partial charge in [0.05, 0.1) is 18.6 Å². The molecule has 0 aliphatic carbocycles. The molecule has 1 aromatic carbocycles. The van der Waals surface area contributed by atoms with E-state index < -0.39 is 0 Å². The summed E-state index contributed by atoms with van der Waals surface area (Å²) in [6.07, 6.45) is 0. The van der Waals surface area contributed by atoms with Crippen LogP contribution in [0.2, 0.25) is 5.28 Å². The van der Waals surface area contributed by atoms with Gasteiger partial charge in [-0.1, -0.05) is 30.3 Å². The van der Waals surface area contributed by atoms with Gasteiger partial charge in [-0.05, 0) is 24.1 Å². The Bertz CT molecular complexity index is 862. The third-order valence-corrected chi connectivity index (χ3v) is 5.34. The van der Waals surface area contributed by atoms with Crippen LogP contribution in [0.25, 0.3) is 21.3 Å². The van der Waals surface area contributed by atoms with E-state index in [2.05, 4.69) is 33.9 Å².